The number of benzene rings is 1. The predicted molar refractivity (Wildman–Crippen MR) is 118 cm³/mol. The van der Waals surface area contributed by atoms with Crippen LogP contribution in [-0.2, 0) is 9.53 Å². The van der Waals surface area contributed by atoms with Gasteiger partial charge in [0.25, 0.3) is 0 Å². The highest BCUT2D eigenvalue weighted by Gasteiger charge is 2.38. The third-order valence-corrected chi connectivity index (χ3v) is 6.12. The number of H-pyrrole nitrogens is 1. The summed E-state index contributed by atoms with van der Waals surface area (Å²) in [5.41, 5.74) is 15.6. The highest BCUT2D eigenvalue weighted by Crippen LogP contribution is 2.42. The summed E-state index contributed by atoms with van der Waals surface area (Å²) in [6, 6.07) is 6.74. The van der Waals surface area contributed by atoms with Crippen LogP contribution >= 0.6 is 0 Å². The fourth-order valence-corrected chi connectivity index (χ4v) is 4.52. The molecule has 6 N–H and O–H groups in total. The quantitative estimate of drug-likeness (QED) is 0.549. The third-order valence-electron chi connectivity index (χ3n) is 6.12. The zero-order valence-corrected chi connectivity index (χ0v) is 17.2. The Morgan fingerprint density at radius 1 is 1.35 bits per heavy atom. The summed E-state index contributed by atoms with van der Waals surface area (Å²) >= 11 is 0. The van der Waals surface area contributed by atoms with Crippen LogP contribution in [0.25, 0.3) is 11.8 Å². The average Bonchev–Trinajstić information content (AvgIpc) is 3.47. The van der Waals surface area contributed by atoms with Gasteiger partial charge in [-0.3, -0.25) is 4.79 Å². The molecular formula is C23H27FN4O3. The number of ether oxygens (including phenoxy) is 1. The van der Waals surface area contributed by atoms with E-state index in [2.05, 4.69) is 11.6 Å². The van der Waals surface area contributed by atoms with Crippen molar-refractivity contribution in [1.29, 1.82) is 0 Å². The second kappa shape index (κ2) is 8.47. The molecule has 0 saturated carbocycles. The van der Waals surface area contributed by atoms with Crippen LogP contribution in [0.1, 0.15) is 40.6 Å². The molecule has 2 aliphatic rings. The molecule has 7 nitrogen and oxygen atoms in total. The topological polar surface area (TPSA) is 118 Å². The number of carbonyl (C=O) groups is 1. The predicted octanol–water partition coefficient (Wildman–Crippen LogP) is 2.71. The number of likely N-dealkylation sites (tertiary alicyclic amines) is 1. The van der Waals surface area contributed by atoms with Crippen LogP contribution in [-0.4, -0.2) is 53.4 Å². The Balaban J connectivity index is 1.77. The molecule has 0 bridgehead atoms. The minimum Gasteiger partial charge on any atom is -0.507 e. The Morgan fingerprint density at radius 3 is 2.81 bits per heavy atom. The first-order chi connectivity index (χ1) is 14.9. The van der Waals surface area contributed by atoms with Crippen molar-refractivity contribution in [3.05, 3.63) is 59.3 Å². The van der Waals surface area contributed by atoms with Gasteiger partial charge in [-0.05, 0) is 36.3 Å². The number of halogens is 1. The summed E-state index contributed by atoms with van der Waals surface area (Å²) < 4.78 is 20.2. The number of amides is 1. The Hall–Kier alpha value is -3.26. The van der Waals surface area contributed by atoms with Gasteiger partial charge in [0.1, 0.15) is 17.7 Å². The number of rotatable bonds is 5. The van der Waals surface area contributed by atoms with Gasteiger partial charge in [0.15, 0.2) is 0 Å². The van der Waals surface area contributed by atoms with Crippen LogP contribution in [0.3, 0.4) is 0 Å². The normalized spacial score (nSPS) is 24.0. The fourth-order valence-electron chi connectivity index (χ4n) is 4.52. The van der Waals surface area contributed by atoms with E-state index in [0.29, 0.717) is 35.7 Å². The number of para-hydroxylation sites is 1. The van der Waals surface area contributed by atoms with Crippen LogP contribution in [0.5, 0.6) is 5.75 Å². The van der Waals surface area contributed by atoms with Gasteiger partial charge >= 0.3 is 0 Å². The number of aromatic hydroxyl groups is 1. The van der Waals surface area contributed by atoms with Crippen LogP contribution in [0, 0.1) is 0 Å². The molecule has 3 heterocycles. The van der Waals surface area contributed by atoms with Crippen molar-refractivity contribution in [2.75, 3.05) is 32.0 Å². The number of phenolic OH excluding ortho intramolecular Hbond substituents is 1. The number of nitrogens with zero attached hydrogens (tertiary/aromatic N) is 1. The zero-order valence-electron chi connectivity index (χ0n) is 17.2. The van der Waals surface area contributed by atoms with E-state index in [1.165, 1.54) is 6.08 Å². The molecule has 2 fully saturated rings. The van der Waals surface area contributed by atoms with Crippen LogP contribution in [0.2, 0.25) is 0 Å². The molecule has 1 amide bonds. The molecule has 2 saturated heterocycles. The molecule has 4 rings (SSSR count). The maximum absolute atomic E-state index is 14.8. The SMILES string of the molecule is C=CC(=O)N1CCC(c2[nH]c(N)c(/C=C(\N)c3ccccc3O)c2C2COCC2F)C1. The molecule has 2 aromatic rings. The molecule has 8 heteroatoms. The summed E-state index contributed by atoms with van der Waals surface area (Å²) in [6.45, 7) is 4.92. The smallest absolute Gasteiger partial charge is 0.245 e. The first-order valence-electron chi connectivity index (χ1n) is 10.3. The molecule has 164 valence electrons. The minimum atomic E-state index is -1.17. The van der Waals surface area contributed by atoms with E-state index >= 15 is 0 Å². The summed E-state index contributed by atoms with van der Waals surface area (Å²) in [6.07, 6.45) is 2.54. The zero-order chi connectivity index (χ0) is 22.1. The monoisotopic (exact) mass is 426 g/mol. The Morgan fingerprint density at radius 2 is 2.13 bits per heavy atom. The van der Waals surface area contributed by atoms with Crippen LogP contribution in [0.15, 0.2) is 36.9 Å². The van der Waals surface area contributed by atoms with Gasteiger partial charge < -0.3 is 31.2 Å². The second-order valence-electron chi connectivity index (χ2n) is 8.03. The van der Waals surface area contributed by atoms with Crippen LogP contribution in [0.4, 0.5) is 10.2 Å². The van der Waals surface area contributed by atoms with Crippen molar-refractivity contribution in [2.45, 2.75) is 24.4 Å². The van der Waals surface area contributed by atoms with E-state index in [1.54, 1.807) is 35.2 Å². The molecule has 1 aromatic carbocycles. The average molecular weight is 426 g/mol. The summed E-state index contributed by atoms with van der Waals surface area (Å²) in [5.74, 6) is -0.205. The fraction of sp³-hybridized carbons (Fsp3) is 0.348. The van der Waals surface area contributed by atoms with Crippen molar-refractivity contribution in [1.82, 2.24) is 9.88 Å². The van der Waals surface area contributed by atoms with Crippen LogP contribution < -0.4 is 11.5 Å². The first-order valence-corrected chi connectivity index (χ1v) is 10.3. The Kier molecular flexibility index (Phi) is 5.73. The Labute approximate surface area is 180 Å². The Bertz CT molecular complexity index is 1030. The van der Waals surface area contributed by atoms with Crippen molar-refractivity contribution < 1.29 is 19.0 Å². The number of hydrogen-bond acceptors (Lipinski definition) is 5. The van der Waals surface area contributed by atoms with Gasteiger partial charge in [-0.1, -0.05) is 18.7 Å². The number of hydrogen-bond donors (Lipinski definition) is 4. The molecule has 3 unspecified atom stereocenters. The van der Waals surface area contributed by atoms with Gasteiger partial charge in [0.2, 0.25) is 5.91 Å². The van der Waals surface area contributed by atoms with Gasteiger partial charge in [-0.2, -0.15) is 0 Å². The number of nitrogens with one attached hydrogen (secondary N) is 1. The number of alkyl halides is 1. The molecule has 0 spiro atoms. The molecule has 3 atom stereocenters. The summed E-state index contributed by atoms with van der Waals surface area (Å²) in [5, 5.41) is 10.1. The lowest BCUT2D eigenvalue weighted by Gasteiger charge is -2.18. The first kappa shape index (κ1) is 21.0. The van der Waals surface area contributed by atoms with Crippen molar-refractivity contribution >= 4 is 23.5 Å². The molecule has 1 aromatic heterocycles. The second-order valence-corrected chi connectivity index (χ2v) is 8.03. The lowest BCUT2D eigenvalue weighted by atomic mass is 9.88. The van der Waals surface area contributed by atoms with E-state index in [4.69, 9.17) is 16.2 Å². The van der Waals surface area contributed by atoms with Crippen molar-refractivity contribution in [3.63, 3.8) is 0 Å². The molecular weight excluding hydrogens is 399 g/mol. The number of nitrogens with two attached hydrogens (primary N) is 2. The minimum absolute atomic E-state index is 0.0116. The van der Waals surface area contributed by atoms with E-state index in [9.17, 15) is 14.3 Å². The molecule has 0 radical (unpaired) electrons. The largest absolute Gasteiger partial charge is 0.507 e. The molecule has 31 heavy (non-hydrogen) atoms. The van der Waals surface area contributed by atoms with Crippen molar-refractivity contribution in [3.8, 4) is 5.75 Å². The van der Waals surface area contributed by atoms with E-state index < -0.39 is 12.1 Å². The standard InChI is InChI=1S/C23H27FN4O3/c1-2-20(30)28-8-7-13(10-28)22-21(16-11-31-12-17(16)24)15(23(26)27-22)9-18(25)14-5-3-4-6-19(14)29/h2-6,9,13,16-17,27,29H,1,7-8,10-12,25-26H2/b18-9-. The van der Waals surface area contributed by atoms with E-state index in [1.807, 2.05) is 0 Å². The number of nitrogen functional groups attached to an aromatic ring is 1. The number of aromatic amines is 1. The third kappa shape index (κ3) is 3.90. The number of phenols is 1. The summed E-state index contributed by atoms with van der Waals surface area (Å²) in [7, 11) is 0. The van der Waals surface area contributed by atoms with E-state index in [0.717, 1.165) is 17.7 Å². The van der Waals surface area contributed by atoms with Gasteiger partial charge in [-0.25, -0.2) is 4.39 Å². The van der Waals surface area contributed by atoms with Gasteiger partial charge in [0.05, 0.1) is 13.2 Å². The maximum atomic E-state index is 14.8. The van der Waals surface area contributed by atoms with Gasteiger partial charge in [0, 0.05) is 47.4 Å². The maximum Gasteiger partial charge on any atom is 0.245 e. The summed E-state index contributed by atoms with van der Waals surface area (Å²) in [4.78, 5) is 17.0. The lowest BCUT2D eigenvalue weighted by Crippen LogP contribution is -2.26. The number of aromatic nitrogens is 1. The van der Waals surface area contributed by atoms with E-state index in [-0.39, 0.29) is 30.8 Å². The van der Waals surface area contributed by atoms with Gasteiger partial charge in [-0.15, -0.1) is 0 Å². The lowest BCUT2D eigenvalue weighted by molar-refractivity contribution is -0.125. The highest BCUT2D eigenvalue weighted by molar-refractivity contribution is 5.88. The highest BCUT2D eigenvalue weighted by atomic mass is 19.1. The molecule has 2 aliphatic heterocycles. The number of carbonyl (C=O) groups excluding carboxylic acids is 1. The van der Waals surface area contributed by atoms with Crippen molar-refractivity contribution in [2.24, 2.45) is 5.73 Å². The molecule has 0 aliphatic carbocycles. The number of anilines is 1.